The number of aromatic nitrogens is 1. The second kappa shape index (κ2) is 7.23. The molecule has 2 aromatic heterocycles. The van der Waals surface area contributed by atoms with Gasteiger partial charge in [0.15, 0.2) is 9.84 Å². The molecule has 1 unspecified atom stereocenters. The van der Waals surface area contributed by atoms with Gasteiger partial charge in [0.2, 0.25) is 5.91 Å². The first-order chi connectivity index (χ1) is 13.0. The van der Waals surface area contributed by atoms with Crippen LogP contribution in [-0.2, 0) is 27.6 Å². The van der Waals surface area contributed by atoms with Crippen LogP contribution in [-0.4, -0.2) is 41.8 Å². The Labute approximate surface area is 158 Å². The maximum Gasteiger partial charge on any atom is 0.223 e. The van der Waals surface area contributed by atoms with Crippen molar-refractivity contribution in [2.75, 3.05) is 11.5 Å². The van der Waals surface area contributed by atoms with Crippen LogP contribution in [0, 0.1) is 0 Å². The predicted molar refractivity (Wildman–Crippen MR) is 103 cm³/mol. The molecule has 7 heteroatoms. The normalized spacial score (nSPS) is 18.7. The van der Waals surface area contributed by atoms with E-state index >= 15 is 0 Å². The molecule has 1 amide bonds. The third kappa shape index (κ3) is 3.93. The summed E-state index contributed by atoms with van der Waals surface area (Å²) < 4.78 is 29.2. The Morgan fingerprint density at radius 3 is 2.81 bits per heavy atom. The van der Waals surface area contributed by atoms with Crippen molar-refractivity contribution in [3.63, 3.8) is 0 Å². The minimum atomic E-state index is -3.07. The van der Waals surface area contributed by atoms with Gasteiger partial charge >= 0.3 is 0 Å². The van der Waals surface area contributed by atoms with Crippen molar-refractivity contribution in [1.29, 1.82) is 0 Å². The Morgan fingerprint density at radius 2 is 2.07 bits per heavy atom. The van der Waals surface area contributed by atoms with Crippen LogP contribution < -0.4 is 0 Å². The monoisotopic (exact) mass is 386 g/mol. The first-order valence-corrected chi connectivity index (χ1v) is 10.9. The minimum absolute atomic E-state index is 0.0343. The van der Waals surface area contributed by atoms with Gasteiger partial charge in [0.25, 0.3) is 0 Å². The van der Waals surface area contributed by atoms with Gasteiger partial charge in [-0.15, -0.1) is 0 Å². The maximum atomic E-state index is 13.0. The zero-order chi connectivity index (χ0) is 18.9. The van der Waals surface area contributed by atoms with E-state index in [0.717, 1.165) is 16.5 Å². The van der Waals surface area contributed by atoms with E-state index in [-0.39, 0.29) is 23.5 Å². The predicted octanol–water partition coefficient (Wildman–Crippen LogP) is 2.91. The van der Waals surface area contributed by atoms with Gasteiger partial charge in [-0.2, -0.15) is 0 Å². The highest BCUT2D eigenvalue weighted by Gasteiger charge is 2.34. The number of carbonyl (C=O) groups is 1. The standard InChI is InChI=1S/C20H22N2O4S/c23-20(8-7-15-12-21-19-6-2-1-5-18(15)19)22(13-17-4-3-10-26-17)16-9-11-27(24,25)14-16/h1-6,10,12,16,21H,7-9,11,13-14H2. The topological polar surface area (TPSA) is 83.4 Å². The van der Waals surface area contributed by atoms with Crippen molar-refractivity contribution in [2.24, 2.45) is 0 Å². The van der Waals surface area contributed by atoms with E-state index in [9.17, 15) is 13.2 Å². The molecule has 3 heterocycles. The Morgan fingerprint density at radius 1 is 1.22 bits per heavy atom. The van der Waals surface area contributed by atoms with Crippen LogP contribution in [0.25, 0.3) is 10.9 Å². The van der Waals surface area contributed by atoms with Crippen molar-refractivity contribution in [1.82, 2.24) is 9.88 Å². The summed E-state index contributed by atoms with van der Waals surface area (Å²) in [5, 5.41) is 1.12. The minimum Gasteiger partial charge on any atom is -0.467 e. The molecule has 27 heavy (non-hydrogen) atoms. The number of carbonyl (C=O) groups excluding carboxylic acids is 1. The lowest BCUT2D eigenvalue weighted by Gasteiger charge is -2.27. The number of nitrogens with one attached hydrogen (secondary N) is 1. The first kappa shape index (κ1) is 17.9. The van der Waals surface area contributed by atoms with Crippen molar-refractivity contribution in [3.8, 4) is 0 Å². The molecule has 0 aliphatic carbocycles. The summed E-state index contributed by atoms with van der Waals surface area (Å²) in [5.74, 6) is 0.799. The van der Waals surface area contributed by atoms with E-state index < -0.39 is 9.84 Å². The Balaban J connectivity index is 1.49. The lowest BCUT2D eigenvalue weighted by Crippen LogP contribution is -2.40. The van der Waals surface area contributed by atoms with Crippen molar-refractivity contribution in [2.45, 2.75) is 31.8 Å². The number of aryl methyl sites for hydroxylation is 1. The van der Waals surface area contributed by atoms with Gasteiger partial charge in [-0.3, -0.25) is 4.79 Å². The van der Waals surface area contributed by atoms with Crippen LogP contribution in [0.4, 0.5) is 0 Å². The highest BCUT2D eigenvalue weighted by Crippen LogP contribution is 2.23. The maximum absolute atomic E-state index is 13.0. The average Bonchev–Trinajstić information content (AvgIpc) is 3.37. The molecule has 0 saturated carbocycles. The van der Waals surface area contributed by atoms with Gasteiger partial charge in [-0.25, -0.2) is 8.42 Å². The van der Waals surface area contributed by atoms with Crippen LogP contribution in [0.2, 0.25) is 0 Å². The molecule has 0 bridgehead atoms. The average molecular weight is 386 g/mol. The molecule has 142 valence electrons. The second-order valence-corrected chi connectivity index (χ2v) is 9.25. The number of hydrogen-bond acceptors (Lipinski definition) is 4. The van der Waals surface area contributed by atoms with Gasteiger partial charge in [-0.1, -0.05) is 18.2 Å². The van der Waals surface area contributed by atoms with Crippen molar-refractivity contribution >= 4 is 26.6 Å². The van der Waals surface area contributed by atoms with Crippen molar-refractivity contribution in [3.05, 3.63) is 60.2 Å². The Bertz CT molecular complexity index is 1040. The number of para-hydroxylation sites is 1. The van der Waals surface area contributed by atoms with Gasteiger partial charge in [0, 0.05) is 29.6 Å². The fourth-order valence-electron chi connectivity index (χ4n) is 3.74. The number of H-pyrrole nitrogens is 1. The number of amides is 1. The highest BCUT2D eigenvalue weighted by atomic mass is 32.2. The fraction of sp³-hybridized carbons (Fsp3) is 0.350. The van der Waals surface area contributed by atoms with Crippen LogP contribution in [0.15, 0.2) is 53.3 Å². The van der Waals surface area contributed by atoms with Crippen LogP contribution in [0.5, 0.6) is 0 Å². The molecular formula is C20H22N2O4S. The Kier molecular flexibility index (Phi) is 4.78. The molecule has 4 rings (SSSR count). The lowest BCUT2D eigenvalue weighted by molar-refractivity contribution is -0.134. The molecule has 1 saturated heterocycles. The largest absolute Gasteiger partial charge is 0.467 e. The Hall–Kier alpha value is -2.54. The summed E-state index contributed by atoms with van der Waals surface area (Å²) in [6.45, 7) is 0.305. The molecule has 1 aromatic carbocycles. The van der Waals surface area contributed by atoms with E-state index in [1.165, 1.54) is 0 Å². The molecule has 0 spiro atoms. The number of rotatable bonds is 6. The molecule has 1 fully saturated rings. The highest BCUT2D eigenvalue weighted by molar-refractivity contribution is 7.91. The molecule has 1 aliphatic rings. The SMILES string of the molecule is O=C(CCc1c[nH]c2ccccc12)N(Cc1ccco1)C1CCS(=O)(=O)C1. The summed E-state index contributed by atoms with van der Waals surface area (Å²) in [7, 11) is -3.07. The number of fused-ring (bicyclic) bond motifs is 1. The summed E-state index contributed by atoms with van der Waals surface area (Å²) in [6.07, 6.45) is 4.93. The smallest absolute Gasteiger partial charge is 0.223 e. The van der Waals surface area contributed by atoms with Gasteiger partial charge in [0.1, 0.15) is 5.76 Å². The van der Waals surface area contributed by atoms with Gasteiger partial charge < -0.3 is 14.3 Å². The lowest BCUT2D eigenvalue weighted by atomic mass is 10.1. The number of hydrogen-bond donors (Lipinski definition) is 1. The molecule has 3 aromatic rings. The van der Waals surface area contributed by atoms with E-state index in [2.05, 4.69) is 4.98 Å². The van der Waals surface area contributed by atoms with Crippen LogP contribution in [0.3, 0.4) is 0 Å². The van der Waals surface area contributed by atoms with Crippen LogP contribution in [0.1, 0.15) is 24.2 Å². The van der Waals surface area contributed by atoms with Crippen molar-refractivity contribution < 1.29 is 17.6 Å². The quantitative estimate of drug-likeness (QED) is 0.706. The molecule has 1 atom stereocenters. The van der Waals surface area contributed by atoms with Gasteiger partial charge in [0.05, 0.1) is 24.3 Å². The summed E-state index contributed by atoms with van der Waals surface area (Å²) >= 11 is 0. The molecular weight excluding hydrogens is 364 g/mol. The second-order valence-electron chi connectivity index (χ2n) is 7.02. The first-order valence-electron chi connectivity index (χ1n) is 9.09. The summed E-state index contributed by atoms with van der Waals surface area (Å²) in [6, 6.07) is 11.3. The van der Waals surface area contributed by atoms with E-state index in [4.69, 9.17) is 4.42 Å². The molecule has 1 N–H and O–H groups in total. The molecule has 1 aliphatic heterocycles. The number of sulfone groups is 1. The number of furan rings is 1. The van der Waals surface area contributed by atoms with E-state index in [0.29, 0.717) is 31.6 Å². The summed E-state index contributed by atoms with van der Waals surface area (Å²) in [5.41, 5.74) is 2.14. The zero-order valence-corrected chi connectivity index (χ0v) is 15.7. The van der Waals surface area contributed by atoms with E-state index in [1.807, 2.05) is 36.5 Å². The number of nitrogens with zero attached hydrogens (tertiary/aromatic N) is 1. The van der Waals surface area contributed by atoms with E-state index in [1.54, 1.807) is 17.2 Å². The fourth-order valence-corrected chi connectivity index (χ4v) is 5.47. The third-order valence-electron chi connectivity index (χ3n) is 5.16. The zero-order valence-electron chi connectivity index (χ0n) is 14.9. The molecule has 6 nitrogen and oxygen atoms in total. The molecule has 0 radical (unpaired) electrons. The summed E-state index contributed by atoms with van der Waals surface area (Å²) in [4.78, 5) is 17.9. The number of benzene rings is 1. The van der Waals surface area contributed by atoms with Gasteiger partial charge in [-0.05, 0) is 36.6 Å². The number of aromatic amines is 1. The van der Waals surface area contributed by atoms with Crippen LogP contribution >= 0.6 is 0 Å². The third-order valence-corrected chi connectivity index (χ3v) is 6.91.